The first-order chi connectivity index (χ1) is 20.7. The van der Waals surface area contributed by atoms with Crippen molar-refractivity contribution in [1.29, 1.82) is 0 Å². The molecule has 3 aromatic heterocycles. The zero-order valence-corrected chi connectivity index (χ0v) is 25.0. The maximum absolute atomic E-state index is 13.6. The van der Waals surface area contributed by atoms with Crippen molar-refractivity contribution in [1.82, 2.24) is 29.6 Å². The summed E-state index contributed by atoms with van der Waals surface area (Å²) in [5.74, 6) is 1.62. The van der Waals surface area contributed by atoms with E-state index in [0.717, 1.165) is 25.2 Å². The highest BCUT2D eigenvalue weighted by atomic mass is 16.5. The van der Waals surface area contributed by atoms with Crippen LogP contribution in [0.1, 0.15) is 58.1 Å². The van der Waals surface area contributed by atoms with Crippen LogP contribution in [0.2, 0.25) is 0 Å². The van der Waals surface area contributed by atoms with Crippen LogP contribution < -0.4 is 25.8 Å². The topological polar surface area (TPSA) is 119 Å². The summed E-state index contributed by atoms with van der Waals surface area (Å²) in [5, 5.41) is 7.28. The molecule has 1 amide bonds. The van der Waals surface area contributed by atoms with E-state index in [1.54, 1.807) is 46.4 Å². The third-order valence-corrected chi connectivity index (χ3v) is 8.62. The number of amides is 1. The highest BCUT2D eigenvalue weighted by Crippen LogP contribution is 2.50. The minimum Gasteiger partial charge on any atom is -0.474 e. The summed E-state index contributed by atoms with van der Waals surface area (Å²) in [6.45, 7) is 10.1. The van der Waals surface area contributed by atoms with Gasteiger partial charge in [-0.15, -0.1) is 0 Å². The predicted molar refractivity (Wildman–Crippen MR) is 165 cm³/mol. The van der Waals surface area contributed by atoms with E-state index >= 15 is 0 Å². The SMILES string of the molecule is C/C=C\Cn1c(=O)c2cnc(Nc3ccc4c(c3)CNCC43CC3)nc2n1-c1ccc2c(n1)N(CCC)C(=O)C(C)(C)O2. The summed E-state index contributed by atoms with van der Waals surface area (Å²) in [5.41, 5.74) is 3.10. The Balaban J connectivity index is 1.32. The number of benzene rings is 1. The van der Waals surface area contributed by atoms with Gasteiger partial charge in [-0.1, -0.05) is 25.1 Å². The van der Waals surface area contributed by atoms with Crippen molar-refractivity contribution < 1.29 is 9.53 Å². The van der Waals surface area contributed by atoms with Gasteiger partial charge in [0.2, 0.25) is 5.95 Å². The third kappa shape index (κ3) is 4.50. The molecule has 4 aromatic rings. The number of fused-ring (bicyclic) bond motifs is 4. The normalized spacial score (nSPS) is 18.1. The molecular weight excluding hydrogens is 544 g/mol. The molecule has 5 heterocycles. The van der Waals surface area contributed by atoms with Crippen molar-refractivity contribution >= 4 is 34.4 Å². The number of pyridine rings is 1. The number of nitrogens with zero attached hydrogens (tertiary/aromatic N) is 6. The second kappa shape index (κ2) is 10.0. The Labute approximate surface area is 249 Å². The average Bonchev–Trinajstić information content (AvgIpc) is 3.71. The maximum Gasteiger partial charge on any atom is 0.278 e. The van der Waals surface area contributed by atoms with Gasteiger partial charge in [0.05, 0.1) is 6.54 Å². The number of aromatic nitrogens is 5. The number of nitrogens with one attached hydrogen (secondary N) is 2. The Morgan fingerprint density at radius 1 is 1.14 bits per heavy atom. The monoisotopic (exact) mass is 580 g/mol. The average molecular weight is 581 g/mol. The Hall–Kier alpha value is -4.51. The fourth-order valence-electron chi connectivity index (χ4n) is 6.27. The lowest BCUT2D eigenvalue weighted by Gasteiger charge is -2.38. The van der Waals surface area contributed by atoms with Crippen molar-refractivity contribution in [3.8, 4) is 11.6 Å². The third-order valence-electron chi connectivity index (χ3n) is 8.62. The van der Waals surface area contributed by atoms with Crippen LogP contribution in [-0.2, 0) is 23.3 Å². The summed E-state index contributed by atoms with van der Waals surface area (Å²) >= 11 is 0. The minimum absolute atomic E-state index is 0.156. The molecule has 3 aliphatic rings. The van der Waals surface area contributed by atoms with E-state index in [-0.39, 0.29) is 11.5 Å². The van der Waals surface area contributed by atoms with Crippen LogP contribution in [0.5, 0.6) is 5.75 Å². The van der Waals surface area contributed by atoms with Gasteiger partial charge in [-0.2, -0.15) is 4.98 Å². The molecule has 1 aliphatic carbocycles. The molecule has 0 saturated heterocycles. The van der Waals surface area contributed by atoms with E-state index < -0.39 is 5.60 Å². The van der Waals surface area contributed by atoms with Crippen LogP contribution in [0.4, 0.5) is 17.5 Å². The quantitative estimate of drug-likeness (QED) is 0.310. The molecule has 0 unspecified atom stereocenters. The van der Waals surface area contributed by atoms with Gasteiger partial charge in [0.25, 0.3) is 11.5 Å². The fourth-order valence-corrected chi connectivity index (χ4v) is 6.27. The van der Waals surface area contributed by atoms with E-state index in [2.05, 4.69) is 33.8 Å². The number of hydrogen-bond acceptors (Lipinski definition) is 8. The molecule has 43 heavy (non-hydrogen) atoms. The van der Waals surface area contributed by atoms with E-state index in [4.69, 9.17) is 14.7 Å². The molecule has 222 valence electrons. The van der Waals surface area contributed by atoms with Crippen molar-refractivity contribution in [3.05, 3.63) is 70.2 Å². The lowest BCUT2D eigenvalue weighted by Crippen LogP contribution is -2.53. The number of carbonyl (C=O) groups excluding carboxylic acids is 1. The smallest absolute Gasteiger partial charge is 0.278 e. The largest absolute Gasteiger partial charge is 0.474 e. The number of rotatable bonds is 7. The Morgan fingerprint density at radius 2 is 1.98 bits per heavy atom. The predicted octanol–water partition coefficient (Wildman–Crippen LogP) is 4.35. The molecule has 7 rings (SSSR count). The zero-order chi connectivity index (χ0) is 29.9. The van der Waals surface area contributed by atoms with Gasteiger partial charge < -0.3 is 15.4 Å². The first-order valence-electron chi connectivity index (χ1n) is 15.0. The summed E-state index contributed by atoms with van der Waals surface area (Å²) in [7, 11) is 0. The van der Waals surface area contributed by atoms with Crippen LogP contribution in [0.15, 0.2) is 53.5 Å². The number of carbonyl (C=O) groups is 1. The molecule has 2 N–H and O–H groups in total. The molecule has 2 aliphatic heterocycles. The number of ether oxygens (including phenoxy) is 1. The van der Waals surface area contributed by atoms with Crippen LogP contribution in [0, 0.1) is 0 Å². The molecule has 1 aromatic carbocycles. The molecule has 1 saturated carbocycles. The second-order valence-corrected chi connectivity index (χ2v) is 12.1. The van der Waals surface area contributed by atoms with Gasteiger partial charge in [-0.05, 0) is 75.4 Å². The van der Waals surface area contributed by atoms with E-state index in [1.165, 1.54) is 24.0 Å². The van der Waals surface area contributed by atoms with Crippen molar-refractivity contribution in [2.24, 2.45) is 0 Å². The molecule has 0 radical (unpaired) electrons. The van der Waals surface area contributed by atoms with Crippen molar-refractivity contribution in [3.63, 3.8) is 0 Å². The Morgan fingerprint density at radius 3 is 2.74 bits per heavy atom. The second-order valence-electron chi connectivity index (χ2n) is 12.1. The number of anilines is 3. The van der Waals surface area contributed by atoms with E-state index in [0.29, 0.717) is 52.9 Å². The highest BCUT2D eigenvalue weighted by Gasteiger charge is 2.46. The van der Waals surface area contributed by atoms with Crippen LogP contribution in [0.25, 0.3) is 16.9 Å². The molecular formula is C32H36N8O3. The van der Waals surface area contributed by atoms with Crippen molar-refractivity contribution in [2.45, 2.75) is 71.1 Å². The summed E-state index contributed by atoms with van der Waals surface area (Å²) in [6.07, 6.45) is 8.56. The molecule has 11 nitrogen and oxygen atoms in total. The molecule has 0 bridgehead atoms. The Bertz CT molecular complexity index is 1850. The number of allylic oxidation sites excluding steroid dienone is 2. The molecule has 1 spiro atoms. The molecule has 0 atom stereocenters. The summed E-state index contributed by atoms with van der Waals surface area (Å²) < 4.78 is 9.33. The van der Waals surface area contributed by atoms with Gasteiger partial charge in [-0.3, -0.25) is 14.5 Å². The van der Waals surface area contributed by atoms with Gasteiger partial charge in [0, 0.05) is 36.9 Å². The van der Waals surface area contributed by atoms with Gasteiger partial charge in [0.15, 0.2) is 28.6 Å². The van der Waals surface area contributed by atoms with Crippen LogP contribution in [0.3, 0.4) is 0 Å². The maximum atomic E-state index is 13.6. The van der Waals surface area contributed by atoms with E-state index in [9.17, 15) is 9.59 Å². The zero-order valence-electron chi connectivity index (χ0n) is 25.0. The van der Waals surface area contributed by atoms with Gasteiger partial charge in [-0.25, -0.2) is 19.3 Å². The van der Waals surface area contributed by atoms with Crippen LogP contribution >= 0.6 is 0 Å². The standard InChI is InChI=1S/C32H36N8O3/c1-5-7-15-39-28(41)22-18-34-30(35-21-8-9-23-20(16-21)17-33-19-32(23)12-13-32)37-26(22)40(39)25-11-10-24-27(36-25)38(14-6-2)29(42)31(3,4)43-24/h5,7-11,16,18,33H,6,12-15,17,19H2,1-4H3,(H,34,35,37)/b7-5-. The van der Waals surface area contributed by atoms with Crippen molar-refractivity contribution in [2.75, 3.05) is 23.3 Å². The lowest BCUT2D eigenvalue weighted by molar-refractivity contribution is -0.132. The van der Waals surface area contributed by atoms with Gasteiger partial charge in [0.1, 0.15) is 5.39 Å². The van der Waals surface area contributed by atoms with E-state index in [1.807, 2.05) is 26.0 Å². The first kappa shape index (κ1) is 27.3. The summed E-state index contributed by atoms with van der Waals surface area (Å²) in [6, 6.07) is 10.1. The van der Waals surface area contributed by atoms with Gasteiger partial charge >= 0.3 is 0 Å². The lowest BCUT2D eigenvalue weighted by atomic mass is 9.88. The minimum atomic E-state index is -1.00. The molecule has 1 fully saturated rings. The van der Waals surface area contributed by atoms with Crippen LogP contribution in [-0.4, -0.2) is 48.9 Å². The number of hydrogen-bond donors (Lipinski definition) is 2. The summed E-state index contributed by atoms with van der Waals surface area (Å²) in [4.78, 5) is 42.8. The Kier molecular flexibility index (Phi) is 6.39. The molecule has 11 heteroatoms. The first-order valence-corrected chi connectivity index (χ1v) is 15.0. The highest BCUT2D eigenvalue weighted by molar-refractivity contribution is 6.01. The fraction of sp³-hybridized carbons (Fsp3) is 0.406.